The summed E-state index contributed by atoms with van der Waals surface area (Å²) in [6.45, 7) is 0.00970. The van der Waals surface area contributed by atoms with E-state index >= 15 is 0 Å². The van der Waals surface area contributed by atoms with E-state index in [0.717, 1.165) is 50.5 Å². The third-order valence-corrected chi connectivity index (χ3v) is 10.2. The number of anilines is 3. The molecule has 224 valence electrons. The summed E-state index contributed by atoms with van der Waals surface area (Å²) in [5, 5.41) is 14.7. The largest absolute Gasteiger partial charge is 0.392 e. The summed E-state index contributed by atoms with van der Waals surface area (Å²) >= 11 is 1.83. The second-order valence-corrected chi connectivity index (χ2v) is 12.8. The first-order valence-corrected chi connectivity index (χ1v) is 16.5. The molecule has 0 spiro atoms. The number of benzene rings is 6. The first-order chi connectivity index (χ1) is 23.3. The second kappa shape index (κ2) is 11.2. The average Bonchev–Trinajstić information content (AvgIpc) is 3.68. The lowest BCUT2D eigenvalue weighted by Crippen LogP contribution is -2.10. The Balaban J connectivity index is 1.28. The molecule has 0 bridgehead atoms. The fourth-order valence-electron chi connectivity index (χ4n) is 6.83. The molecule has 0 atom stereocenters. The maximum Gasteiger partial charge on any atom is 0.0681 e. The number of hydrogen-bond donors (Lipinski definition) is 1. The average molecular weight is 624 g/mol. The molecule has 3 aromatic heterocycles. The van der Waals surface area contributed by atoms with Crippen LogP contribution >= 0.6 is 11.3 Å². The first kappa shape index (κ1) is 27.6. The molecule has 5 heteroatoms. The Morgan fingerprint density at radius 1 is 0.596 bits per heavy atom. The van der Waals surface area contributed by atoms with E-state index in [0.29, 0.717) is 0 Å². The number of pyridine rings is 1. The van der Waals surface area contributed by atoms with Crippen LogP contribution in [0.1, 0.15) is 5.56 Å². The highest BCUT2D eigenvalue weighted by Crippen LogP contribution is 2.45. The van der Waals surface area contributed by atoms with Gasteiger partial charge >= 0.3 is 0 Å². The molecule has 4 nitrogen and oxygen atoms in total. The zero-order valence-electron chi connectivity index (χ0n) is 25.4. The van der Waals surface area contributed by atoms with Crippen molar-refractivity contribution in [3.63, 3.8) is 0 Å². The molecule has 3 heterocycles. The molecule has 47 heavy (non-hydrogen) atoms. The number of aliphatic hydroxyl groups is 1. The van der Waals surface area contributed by atoms with Gasteiger partial charge in [0.25, 0.3) is 0 Å². The topological polar surface area (TPSA) is 41.3 Å². The van der Waals surface area contributed by atoms with E-state index in [4.69, 9.17) is 0 Å². The van der Waals surface area contributed by atoms with Crippen molar-refractivity contribution < 1.29 is 5.11 Å². The fraction of sp³-hybridized carbons (Fsp3) is 0.0238. The summed E-state index contributed by atoms with van der Waals surface area (Å²) < 4.78 is 4.93. The van der Waals surface area contributed by atoms with Crippen molar-refractivity contribution in [3.8, 4) is 16.8 Å². The molecule has 0 saturated carbocycles. The van der Waals surface area contributed by atoms with Crippen LogP contribution in [-0.4, -0.2) is 14.7 Å². The number of thiophene rings is 1. The molecule has 0 unspecified atom stereocenters. The molecule has 0 aliphatic heterocycles. The number of aromatic nitrogens is 2. The predicted molar refractivity (Wildman–Crippen MR) is 198 cm³/mol. The predicted octanol–water partition coefficient (Wildman–Crippen LogP) is 11.2. The number of nitrogens with zero attached hydrogens (tertiary/aromatic N) is 3. The Hall–Kier alpha value is -5.75. The lowest BCUT2D eigenvalue weighted by Gasteiger charge is -2.27. The Bertz CT molecular complexity index is 2550. The molecule has 0 fully saturated rings. The van der Waals surface area contributed by atoms with Crippen molar-refractivity contribution in [2.75, 3.05) is 4.90 Å². The zero-order chi connectivity index (χ0) is 31.3. The van der Waals surface area contributed by atoms with Gasteiger partial charge in [-0.05, 0) is 89.5 Å². The molecule has 0 aliphatic carbocycles. The van der Waals surface area contributed by atoms with Gasteiger partial charge < -0.3 is 14.6 Å². The SMILES string of the molecule is OCc1ccc(N(c2ccc3sc4ccccc4c3c2)c2cccc3c2c2ccccc2n3-c2ccc(-c3cccnc3)cc2)cc1. The van der Waals surface area contributed by atoms with Crippen molar-refractivity contribution >= 4 is 70.4 Å². The Morgan fingerprint density at radius 3 is 2.15 bits per heavy atom. The van der Waals surface area contributed by atoms with Crippen LogP contribution in [0.5, 0.6) is 0 Å². The van der Waals surface area contributed by atoms with E-state index in [9.17, 15) is 5.11 Å². The van der Waals surface area contributed by atoms with E-state index in [1.54, 1.807) is 6.20 Å². The van der Waals surface area contributed by atoms with Gasteiger partial charge in [0.2, 0.25) is 0 Å². The molecule has 6 aromatic carbocycles. The van der Waals surface area contributed by atoms with Crippen molar-refractivity contribution in [1.82, 2.24) is 9.55 Å². The molecule has 0 aliphatic rings. The van der Waals surface area contributed by atoms with Gasteiger partial charge in [-0.2, -0.15) is 0 Å². The van der Waals surface area contributed by atoms with Gasteiger partial charge in [0, 0.05) is 60.4 Å². The molecule has 9 rings (SSSR count). The summed E-state index contributed by atoms with van der Waals surface area (Å²) in [4.78, 5) is 6.67. The molecule has 0 amide bonds. The summed E-state index contributed by atoms with van der Waals surface area (Å²) in [7, 11) is 0. The van der Waals surface area contributed by atoms with E-state index in [1.165, 1.54) is 30.9 Å². The van der Waals surface area contributed by atoms with Crippen molar-refractivity contribution in [2.24, 2.45) is 0 Å². The molecular formula is C42H29N3OS. The standard InChI is InChI=1S/C42H29N3OS/c46-27-28-14-18-31(19-15-28)44(33-22-23-41-36(25-33)34-8-2-4-13-40(34)47-41)38-11-5-12-39-42(38)35-9-1-3-10-37(35)45(39)32-20-16-29(17-21-32)30-7-6-24-43-26-30/h1-26,46H,27H2. The van der Waals surface area contributed by atoms with Gasteiger partial charge in [-0.25, -0.2) is 0 Å². The normalized spacial score (nSPS) is 11.6. The summed E-state index contributed by atoms with van der Waals surface area (Å²) in [6.07, 6.45) is 3.71. The third-order valence-electron chi connectivity index (χ3n) is 9.03. The highest BCUT2D eigenvalue weighted by molar-refractivity contribution is 7.25. The van der Waals surface area contributed by atoms with Crippen molar-refractivity contribution in [2.45, 2.75) is 6.61 Å². The lowest BCUT2D eigenvalue weighted by molar-refractivity contribution is 0.282. The minimum atomic E-state index is 0.00970. The lowest BCUT2D eigenvalue weighted by atomic mass is 10.1. The van der Waals surface area contributed by atoms with E-state index in [-0.39, 0.29) is 6.61 Å². The summed E-state index contributed by atoms with van der Waals surface area (Å²) in [5.41, 5.74) is 9.73. The zero-order valence-corrected chi connectivity index (χ0v) is 26.2. The number of para-hydroxylation sites is 1. The minimum Gasteiger partial charge on any atom is -0.392 e. The van der Waals surface area contributed by atoms with Gasteiger partial charge in [0.15, 0.2) is 0 Å². The van der Waals surface area contributed by atoms with Gasteiger partial charge in [-0.3, -0.25) is 4.98 Å². The summed E-state index contributed by atoms with van der Waals surface area (Å²) in [6, 6.07) is 51.7. The van der Waals surface area contributed by atoms with Gasteiger partial charge in [-0.1, -0.05) is 72.8 Å². The number of fused-ring (bicyclic) bond motifs is 6. The van der Waals surface area contributed by atoms with Crippen LogP contribution < -0.4 is 4.90 Å². The quantitative estimate of drug-likeness (QED) is 0.200. The summed E-state index contributed by atoms with van der Waals surface area (Å²) in [5.74, 6) is 0. The molecule has 0 saturated heterocycles. The minimum absolute atomic E-state index is 0.00970. The first-order valence-electron chi connectivity index (χ1n) is 15.7. The van der Waals surface area contributed by atoms with Crippen LogP contribution in [0.15, 0.2) is 158 Å². The maximum atomic E-state index is 9.83. The number of aliphatic hydroxyl groups excluding tert-OH is 1. The number of hydrogen-bond acceptors (Lipinski definition) is 4. The number of rotatable bonds is 6. The van der Waals surface area contributed by atoms with Crippen LogP contribution in [0.25, 0.3) is 58.8 Å². The van der Waals surface area contributed by atoms with Crippen LogP contribution in [-0.2, 0) is 6.61 Å². The van der Waals surface area contributed by atoms with E-state index in [2.05, 4.69) is 142 Å². The monoisotopic (exact) mass is 623 g/mol. The smallest absolute Gasteiger partial charge is 0.0681 e. The van der Waals surface area contributed by atoms with E-state index < -0.39 is 0 Å². The van der Waals surface area contributed by atoms with Crippen LogP contribution in [0.4, 0.5) is 17.1 Å². The van der Waals surface area contributed by atoms with Gasteiger partial charge in [-0.15, -0.1) is 11.3 Å². The molecule has 1 N–H and O–H groups in total. The molecule has 9 aromatic rings. The van der Waals surface area contributed by atoms with Crippen molar-refractivity contribution in [1.29, 1.82) is 0 Å². The molecular weight excluding hydrogens is 595 g/mol. The maximum absolute atomic E-state index is 9.83. The fourth-order valence-corrected chi connectivity index (χ4v) is 7.92. The highest BCUT2D eigenvalue weighted by Gasteiger charge is 2.21. The van der Waals surface area contributed by atoms with Crippen molar-refractivity contribution in [3.05, 3.63) is 164 Å². The van der Waals surface area contributed by atoms with Crippen LogP contribution in [0, 0.1) is 0 Å². The Labute approximate surface area is 276 Å². The molecule has 0 radical (unpaired) electrons. The Morgan fingerprint density at radius 2 is 1.34 bits per heavy atom. The Kier molecular flexibility index (Phi) is 6.59. The van der Waals surface area contributed by atoms with Gasteiger partial charge in [0.1, 0.15) is 0 Å². The second-order valence-electron chi connectivity index (χ2n) is 11.8. The van der Waals surface area contributed by atoms with Crippen LogP contribution in [0.2, 0.25) is 0 Å². The van der Waals surface area contributed by atoms with E-state index in [1.807, 2.05) is 35.7 Å². The van der Waals surface area contributed by atoms with Gasteiger partial charge in [0.05, 0.1) is 23.3 Å². The van der Waals surface area contributed by atoms with Crippen LogP contribution in [0.3, 0.4) is 0 Å². The highest BCUT2D eigenvalue weighted by atomic mass is 32.1. The third kappa shape index (κ3) is 4.59.